The molecule has 0 aromatic heterocycles. The molecule has 3 heterocycles. The molecule has 0 aromatic rings. The molecule has 4 heteroatoms. The van der Waals surface area contributed by atoms with Gasteiger partial charge in [0, 0.05) is 32.8 Å². The largest absolute Gasteiger partial charge is 0.381 e. The van der Waals surface area contributed by atoms with Crippen LogP contribution in [-0.4, -0.2) is 37.5 Å². The average Bonchev–Trinajstić information content (AvgIpc) is 2.58. The molecule has 0 N–H and O–H groups in total. The molecule has 0 spiro atoms. The minimum Gasteiger partial charge on any atom is -0.381 e. The van der Waals surface area contributed by atoms with E-state index in [1.165, 1.54) is 32.1 Å². The van der Waals surface area contributed by atoms with E-state index in [1.54, 1.807) is 0 Å². The highest BCUT2D eigenvalue weighted by atomic mass is 16.9. The van der Waals surface area contributed by atoms with Crippen LogP contribution in [0.2, 0.25) is 0 Å². The first kappa shape index (κ1) is 19.3. The molecule has 4 rings (SSSR count). The first-order valence-corrected chi connectivity index (χ1v) is 10.4. The van der Waals surface area contributed by atoms with Gasteiger partial charge < -0.3 is 18.9 Å². The highest BCUT2D eigenvalue weighted by molar-refractivity contribution is 4.93. The molecule has 0 amide bonds. The predicted molar refractivity (Wildman–Crippen MR) is 98.4 cm³/mol. The summed E-state index contributed by atoms with van der Waals surface area (Å²) in [6, 6.07) is 0. The molecule has 144 valence electrons. The lowest BCUT2D eigenvalue weighted by atomic mass is 9.89. The van der Waals surface area contributed by atoms with Gasteiger partial charge in [0.15, 0.2) is 0 Å². The van der Waals surface area contributed by atoms with Crippen LogP contribution < -0.4 is 0 Å². The van der Waals surface area contributed by atoms with Gasteiger partial charge in [-0.05, 0) is 19.3 Å². The summed E-state index contributed by atoms with van der Waals surface area (Å²) in [6.45, 7) is 2.26. The van der Waals surface area contributed by atoms with E-state index in [-0.39, 0.29) is 0 Å². The number of hydrogen-bond acceptors (Lipinski definition) is 4. The molecule has 3 aliphatic heterocycles. The number of methoxy groups -OCH3 is 1. The van der Waals surface area contributed by atoms with Crippen molar-refractivity contribution >= 4 is 0 Å². The summed E-state index contributed by atoms with van der Waals surface area (Å²) in [5.74, 6) is -0.751. The minimum absolute atomic E-state index is 0.348. The van der Waals surface area contributed by atoms with Crippen molar-refractivity contribution in [3.8, 4) is 0 Å². The third-order valence-corrected chi connectivity index (χ3v) is 5.76. The third kappa shape index (κ3) is 5.53. The maximum Gasteiger partial charge on any atom is 0.283 e. The van der Waals surface area contributed by atoms with Crippen LogP contribution in [0.4, 0.5) is 0 Å². The Kier molecular flexibility index (Phi) is 7.35. The van der Waals surface area contributed by atoms with Crippen LogP contribution in [0.3, 0.4) is 0 Å². The number of hydrogen-bond donors (Lipinski definition) is 0. The molecule has 3 saturated heterocycles. The third-order valence-electron chi connectivity index (χ3n) is 5.76. The van der Waals surface area contributed by atoms with E-state index in [9.17, 15) is 0 Å². The molecule has 1 aliphatic carbocycles. The molecule has 4 aliphatic rings. The van der Waals surface area contributed by atoms with Crippen LogP contribution in [-0.2, 0) is 18.9 Å². The van der Waals surface area contributed by atoms with Crippen LogP contribution in [0.1, 0.15) is 84.0 Å². The fourth-order valence-corrected chi connectivity index (χ4v) is 4.41. The first-order chi connectivity index (χ1) is 12.2. The van der Waals surface area contributed by atoms with Crippen LogP contribution in [0, 0.1) is 0 Å². The maximum atomic E-state index is 6.04. The lowest BCUT2D eigenvalue weighted by Crippen LogP contribution is -2.62. The summed E-state index contributed by atoms with van der Waals surface area (Å²) in [5.41, 5.74) is 0. The Labute approximate surface area is 153 Å². The Bertz CT molecular complexity index is 385. The second kappa shape index (κ2) is 9.50. The van der Waals surface area contributed by atoms with E-state index < -0.39 is 5.97 Å². The van der Waals surface area contributed by atoms with Gasteiger partial charge in [0.25, 0.3) is 5.97 Å². The molecule has 0 aromatic carbocycles. The van der Waals surface area contributed by atoms with Gasteiger partial charge in [0.05, 0.1) is 24.4 Å². The minimum atomic E-state index is -0.751. The molecule has 1 saturated carbocycles. The van der Waals surface area contributed by atoms with Gasteiger partial charge >= 0.3 is 0 Å². The lowest BCUT2D eigenvalue weighted by Gasteiger charge is -2.55. The summed E-state index contributed by atoms with van der Waals surface area (Å²) < 4.78 is 23.7. The summed E-state index contributed by atoms with van der Waals surface area (Å²) in [4.78, 5) is 0. The smallest absolute Gasteiger partial charge is 0.283 e. The zero-order valence-corrected chi connectivity index (χ0v) is 16.1. The summed E-state index contributed by atoms with van der Waals surface area (Å²) in [6.07, 6.45) is 19.5. The van der Waals surface area contributed by atoms with Crippen molar-refractivity contribution in [1.82, 2.24) is 0 Å². The van der Waals surface area contributed by atoms with Crippen LogP contribution in [0.25, 0.3) is 0 Å². The SMILES string of the molecule is CCCCCCC[C@@H](C/C=C/CCC12OC3CC(CC(C3)O1)O2)OC. The molecule has 4 bridgehead atoms. The van der Waals surface area contributed by atoms with Crippen molar-refractivity contribution < 1.29 is 18.9 Å². The van der Waals surface area contributed by atoms with Crippen LogP contribution in [0.5, 0.6) is 0 Å². The first-order valence-electron chi connectivity index (χ1n) is 10.4. The predicted octanol–water partition coefficient (Wildman–Crippen LogP) is 5.11. The zero-order valence-electron chi connectivity index (χ0n) is 16.1. The second-order valence-corrected chi connectivity index (χ2v) is 7.92. The van der Waals surface area contributed by atoms with Crippen molar-refractivity contribution in [2.45, 2.75) is 114 Å². The monoisotopic (exact) mass is 352 g/mol. The molecule has 25 heavy (non-hydrogen) atoms. The number of rotatable bonds is 12. The van der Waals surface area contributed by atoms with Gasteiger partial charge in [0.2, 0.25) is 0 Å². The molecule has 4 nitrogen and oxygen atoms in total. The molecule has 1 atom stereocenters. The van der Waals surface area contributed by atoms with E-state index in [4.69, 9.17) is 18.9 Å². The van der Waals surface area contributed by atoms with Gasteiger partial charge in [-0.25, -0.2) is 0 Å². The fourth-order valence-electron chi connectivity index (χ4n) is 4.41. The second-order valence-electron chi connectivity index (χ2n) is 7.92. The Morgan fingerprint density at radius 1 is 0.960 bits per heavy atom. The standard InChI is InChI=1S/C21H36O4/c1-3-4-5-6-8-11-17(22-2)12-9-7-10-13-21-23-18-14-19(24-21)16-20(15-18)25-21/h7,9,17-20H,3-6,8,10-16H2,1-2H3/b9-7+/t17-,18?,19?,20?,21?/m0/s1. The van der Waals surface area contributed by atoms with Gasteiger partial charge in [-0.3, -0.25) is 0 Å². The lowest BCUT2D eigenvalue weighted by molar-refractivity contribution is -0.495. The maximum absolute atomic E-state index is 6.04. The highest BCUT2D eigenvalue weighted by Gasteiger charge is 2.54. The Balaban J connectivity index is 1.31. The van der Waals surface area contributed by atoms with E-state index in [0.717, 1.165) is 44.9 Å². The number of allylic oxidation sites excluding steroid dienone is 1. The van der Waals surface area contributed by atoms with Gasteiger partial charge in [-0.1, -0.05) is 51.2 Å². The summed E-state index contributed by atoms with van der Waals surface area (Å²) in [7, 11) is 1.83. The van der Waals surface area contributed by atoms with Crippen LogP contribution in [0.15, 0.2) is 12.2 Å². The van der Waals surface area contributed by atoms with Crippen molar-refractivity contribution in [1.29, 1.82) is 0 Å². The average molecular weight is 353 g/mol. The normalized spacial score (nSPS) is 34.9. The number of unbranched alkanes of at least 4 members (excludes halogenated alkanes) is 4. The summed E-state index contributed by atoms with van der Waals surface area (Å²) >= 11 is 0. The van der Waals surface area contributed by atoms with Crippen molar-refractivity contribution in [3.63, 3.8) is 0 Å². The van der Waals surface area contributed by atoms with E-state index in [0.29, 0.717) is 24.4 Å². The van der Waals surface area contributed by atoms with Gasteiger partial charge in [-0.15, -0.1) is 0 Å². The molecule has 4 fully saturated rings. The molecule has 0 unspecified atom stereocenters. The van der Waals surface area contributed by atoms with E-state index in [1.807, 2.05) is 7.11 Å². The van der Waals surface area contributed by atoms with E-state index >= 15 is 0 Å². The quantitative estimate of drug-likeness (QED) is 0.361. The van der Waals surface area contributed by atoms with Gasteiger partial charge in [0.1, 0.15) is 0 Å². The molecular formula is C21H36O4. The number of ether oxygens (including phenoxy) is 4. The van der Waals surface area contributed by atoms with Gasteiger partial charge in [-0.2, -0.15) is 0 Å². The highest BCUT2D eigenvalue weighted by Crippen LogP contribution is 2.46. The topological polar surface area (TPSA) is 36.9 Å². The van der Waals surface area contributed by atoms with Crippen molar-refractivity contribution in [2.24, 2.45) is 0 Å². The Hall–Kier alpha value is -0.420. The summed E-state index contributed by atoms with van der Waals surface area (Å²) in [5, 5.41) is 0. The molecular weight excluding hydrogens is 316 g/mol. The van der Waals surface area contributed by atoms with Crippen molar-refractivity contribution in [3.05, 3.63) is 12.2 Å². The van der Waals surface area contributed by atoms with Crippen molar-refractivity contribution in [2.75, 3.05) is 7.11 Å². The van der Waals surface area contributed by atoms with E-state index in [2.05, 4.69) is 19.1 Å². The molecule has 0 radical (unpaired) electrons. The Morgan fingerprint density at radius 2 is 1.60 bits per heavy atom. The van der Waals surface area contributed by atoms with Crippen LogP contribution >= 0.6 is 0 Å². The fraction of sp³-hybridized carbons (Fsp3) is 0.905. The Morgan fingerprint density at radius 3 is 2.20 bits per heavy atom. The zero-order chi connectivity index (χ0) is 17.5.